The van der Waals surface area contributed by atoms with Crippen molar-refractivity contribution in [2.24, 2.45) is 0 Å². The fourth-order valence-corrected chi connectivity index (χ4v) is 4.87. The van der Waals surface area contributed by atoms with Gasteiger partial charge in [0.1, 0.15) is 0 Å². The minimum Gasteiger partial charge on any atom is -0.300 e. The van der Waals surface area contributed by atoms with E-state index < -0.39 is 0 Å². The molecule has 102 valence electrons. The summed E-state index contributed by atoms with van der Waals surface area (Å²) in [7, 11) is 0. The van der Waals surface area contributed by atoms with E-state index in [4.69, 9.17) is 0 Å². The molecule has 0 aromatic heterocycles. The van der Waals surface area contributed by atoms with Crippen LogP contribution in [0.3, 0.4) is 0 Å². The molecule has 1 heteroatoms. The van der Waals surface area contributed by atoms with Crippen molar-refractivity contribution in [3.8, 4) is 0 Å². The molecule has 1 aliphatic heterocycles. The number of likely N-dealkylation sites (tertiary alicyclic amines) is 1. The van der Waals surface area contributed by atoms with Gasteiger partial charge in [-0.2, -0.15) is 0 Å². The first kappa shape index (κ1) is 12.0. The maximum absolute atomic E-state index is 2.83. The van der Waals surface area contributed by atoms with Crippen molar-refractivity contribution < 1.29 is 0 Å². The number of rotatable bonds is 1. The van der Waals surface area contributed by atoms with Crippen LogP contribution in [0.25, 0.3) is 0 Å². The second kappa shape index (κ2) is 4.94. The van der Waals surface area contributed by atoms with Gasteiger partial charge in [0.25, 0.3) is 0 Å². The smallest absolute Gasteiger partial charge is 0.0164 e. The molecule has 0 spiro atoms. The Morgan fingerprint density at radius 1 is 0.789 bits per heavy atom. The second-order valence-corrected chi connectivity index (χ2v) is 6.75. The van der Waals surface area contributed by atoms with E-state index in [1.54, 1.807) is 11.1 Å². The van der Waals surface area contributed by atoms with Crippen molar-refractivity contribution in [3.63, 3.8) is 0 Å². The minimum atomic E-state index is 0.827. The molecule has 2 fully saturated rings. The molecule has 0 N–H and O–H groups in total. The number of hydrogen-bond acceptors (Lipinski definition) is 1. The van der Waals surface area contributed by atoms with Crippen LogP contribution >= 0.6 is 0 Å². The standard InChI is InChI=1S/C18H25N/c1-4-12-19(13-5-1)18-11-9-14-8-10-17(18)16-7-3-2-6-15(14)16/h2-3,6-7,14,17-18H,1,4-5,8-13H2. The molecular formula is C18H25N. The fourth-order valence-electron chi connectivity index (χ4n) is 4.87. The first-order valence-corrected chi connectivity index (χ1v) is 8.26. The van der Waals surface area contributed by atoms with E-state index in [-0.39, 0.29) is 0 Å². The monoisotopic (exact) mass is 255 g/mol. The topological polar surface area (TPSA) is 3.24 Å². The molecule has 0 radical (unpaired) electrons. The Hall–Kier alpha value is -0.820. The van der Waals surface area contributed by atoms with Gasteiger partial charge in [-0.1, -0.05) is 30.7 Å². The Balaban J connectivity index is 1.68. The maximum Gasteiger partial charge on any atom is 0.0164 e. The lowest BCUT2D eigenvalue weighted by molar-refractivity contribution is 0.135. The summed E-state index contributed by atoms with van der Waals surface area (Å²) in [5, 5.41) is 0. The Bertz CT molecular complexity index is 447. The first-order chi connectivity index (χ1) is 9.43. The summed E-state index contributed by atoms with van der Waals surface area (Å²) < 4.78 is 0. The molecule has 3 aliphatic carbocycles. The van der Waals surface area contributed by atoms with E-state index >= 15 is 0 Å². The molecule has 1 aromatic rings. The summed E-state index contributed by atoms with van der Waals surface area (Å²) in [6, 6.07) is 10.2. The zero-order chi connectivity index (χ0) is 12.7. The van der Waals surface area contributed by atoms with Crippen LogP contribution in [-0.4, -0.2) is 24.0 Å². The fraction of sp³-hybridized carbons (Fsp3) is 0.667. The molecule has 2 bridgehead atoms. The average Bonchev–Trinajstić information content (AvgIpc) is 2.79. The molecule has 3 atom stereocenters. The first-order valence-electron chi connectivity index (χ1n) is 8.26. The molecule has 1 aromatic carbocycles. The van der Waals surface area contributed by atoms with E-state index in [0.717, 1.165) is 17.9 Å². The Kier molecular flexibility index (Phi) is 3.11. The second-order valence-electron chi connectivity index (χ2n) is 6.75. The van der Waals surface area contributed by atoms with Crippen LogP contribution in [0.2, 0.25) is 0 Å². The molecular weight excluding hydrogens is 230 g/mol. The Morgan fingerprint density at radius 2 is 1.53 bits per heavy atom. The number of nitrogens with zero attached hydrogens (tertiary/aromatic N) is 1. The molecule has 3 unspecified atom stereocenters. The zero-order valence-corrected chi connectivity index (χ0v) is 11.9. The molecule has 4 aliphatic rings. The van der Waals surface area contributed by atoms with Crippen molar-refractivity contribution in [1.82, 2.24) is 4.90 Å². The van der Waals surface area contributed by atoms with Gasteiger partial charge in [0.05, 0.1) is 0 Å². The lowest BCUT2D eigenvalue weighted by Gasteiger charge is -2.39. The third-order valence-electron chi connectivity index (χ3n) is 5.80. The van der Waals surface area contributed by atoms with Gasteiger partial charge < -0.3 is 0 Å². The highest BCUT2D eigenvalue weighted by Crippen LogP contribution is 2.48. The normalized spacial score (nSPS) is 34.8. The maximum atomic E-state index is 2.83. The summed E-state index contributed by atoms with van der Waals surface area (Å²) in [5.41, 5.74) is 3.39. The van der Waals surface area contributed by atoms with Gasteiger partial charge in [-0.05, 0) is 74.6 Å². The van der Waals surface area contributed by atoms with Crippen LogP contribution in [0, 0.1) is 0 Å². The third-order valence-corrected chi connectivity index (χ3v) is 5.80. The highest BCUT2D eigenvalue weighted by atomic mass is 15.2. The van der Waals surface area contributed by atoms with Crippen molar-refractivity contribution in [2.75, 3.05) is 13.1 Å². The van der Waals surface area contributed by atoms with Gasteiger partial charge in [-0.3, -0.25) is 4.90 Å². The van der Waals surface area contributed by atoms with Crippen molar-refractivity contribution in [2.45, 2.75) is 62.8 Å². The Labute approximate surface area is 117 Å². The summed E-state index contributed by atoms with van der Waals surface area (Å²) in [6.07, 6.45) is 10.0. The molecule has 1 nitrogen and oxygen atoms in total. The van der Waals surface area contributed by atoms with E-state index in [2.05, 4.69) is 29.2 Å². The summed E-state index contributed by atoms with van der Waals surface area (Å²) in [4.78, 5) is 2.83. The van der Waals surface area contributed by atoms with E-state index in [1.807, 2.05) is 0 Å². The van der Waals surface area contributed by atoms with Gasteiger partial charge in [-0.15, -0.1) is 0 Å². The van der Waals surface area contributed by atoms with Crippen molar-refractivity contribution in [3.05, 3.63) is 35.4 Å². The highest BCUT2D eigenvalue weighted by Gasteiger charge is 2.38. The van der Waals surface area contributed by atoms with Crippen LogP contribution in [-0.2, 0) is 0 Å². The predicted molar refractivity (Wildman–Crippen MR) is 79.6 cm³/mol. The van der Waals surface area contributed by atoms with Crippen LogP contribution in [0.4, 0.5) is 0 Å². The lowest BCUT2D eigenvalue weighted by atomic mass is 9.77. The van der Waals surface area contributed by atoms with Crippen molar-refractivity contribution in [1.29, 1.82) is 0 Å². The van der Waals surface area contributed by atoms with E-state index in [0.29, 0.717) is 0 Å². The van der Waals surface area contributed by atoms with Crippen LogP contribution < -0.4 is 0 Å². The zero-order valence-electron chi connectivity index (χ0n) is 11.9. The molecule has 1 heterocycles. The summed E-state index contributed by atoms with van der Waals surface area (Å²) >= 11 is 0. The quantitative estimate of drug-likeness (QED) is 0.723. The predicted octanol–water partition coefficient (Wildman–Crippen LogP) is 4.30. The third kappa shape index (κ3) is 2.03. The molecule has 19 heavy (non-hydrogen) atoms. The number of piperidine rings is 1. The number of benzene rings is 1. The lowest BCUT2D eigenvalue weighted by Crippen LogP contribution is -2.42. The van der Waals surface area contributed by atoms with Gasteiger partial charge in [0.2, 0.25) is 0 Å². The van der Waals surface area contributed by atoms with Crippen LogP contribution in [0.15, 0.2) is 24.3 Å². The Morgan fingerprint density at radius 3 is 2.37 bits per heavy atom. The molecule has 1 saturated carbocycles. The molecule has 0 amide bonds. The molecule has 5 rings (SSSR count). The van der Waals surface area contributed by atoms with Gasteiger partial charge in [0, 0.05) is 6.04 Å². The highest BCUT2D eigenvalue weighted by molar-refractivity contribution is 5.38. The van der Waals surface area contributed by atoms with Gasteiger partial charge in [0.15, 0.2) is 0 Å². The van der Waals surface area contributed by atoms with Gasteiger partial charge in [-0.25, -0.2) is 0 Å². The average molecular weight is 255 g/mol. The summed E-state index contributed by atoms with van der Waals surface area (Å²) in [6.45, 7) is 2.71. The van der Waals surface area contributed by atoms with Crippen LogP contribution in [0.1, 0.15) is 67.9 Å². The minimum absolute atomic E-state index is 0.827. The SMILES string of the molecule is c1ccc2c(c1)C1CCC2C(N2CCCCC2)CC1. The van der Waals surface area contributed by atoms with Gasteiger partial charge >= 0.3 is 0 Å². The largest absolute Gasteiger partial charge is 0.300 e. The van der Waals surface area contributed by atoms with E-state index in [1.165, 1.54) is 58.0 Å². The number of fused-ring (bicyclic) bond motifs is 3. The summed E-state index contributed by atoms with van der Waals surface area (Å²) in [5.74, 6) is 1.69. The van der Waals surface area contributed by atoms with E-state index in [9.17, 15) is 0 Å². The van der Waals surface area contributed by atoms with Crippen LogP contribution in [0.5, 0.6) is 0 Å². The number of hydrogen-bond donors (Lipinski definition) is 0. The molecule has 1 saturated heterocycles. The van der Waals surface area contributed by atoms with Crippen molar-refractivity contribution >= 4 is 0 Å².